The molecule has 4 aromatic rings. The largest absolute Gasteiger partial charge is 0.337 e. The quantitative estimate of drug-likeness (QED) is 0.410. The molecule has 0 spiro atoms. The molecule has 1 heterocycles. The van der Waals surface area contributed by atoms with Gasteiger partial charge in [0.2, 0.25) is 0 Å². The molecule has 128 valence electrons. The summed E-state index contributed by atoms with van der Waals surface area (Å²) in [6, 6.07) is 28.0. The highest BCUT2D eigenvalue weighted by molar-refractivity contribution is 6.12. The molecule has 0 amide bonds. The van der Waals surface area contributed by atoms with Crippen LogP contribution in [-0.4, -0.2) is 21.9 Å². The number of hydrogen-bond donors (Lipinski definition) is 1. The number of aromatic nitrogens is 2. The second-order valence-corrected chi connectivity index (χ2v) is 5.56. The van der Waals surface area contributed by atoms with Crippen molar-refractivity contribution in [3.8, 4) is 0 Å². The van der Waals surface area contributed by atoms with Crippen LogP contribution in [0.2, 0.25) is 0 Å². The molecule has 4 nitrogen and oxygen atoms in total. The van der Waals surface area contributed by atoms with Crippen LogP contribution in [0.15, 0.2) is 95.1 Å². The highest BCUT2D eigenvalue weighted by Crippen LogP contribution is 2.12. The van der Waals surface area contributed by atoms with Gasteiger partial charge in [0.05, 0.1) is 17.2 Å². The summed E-state index contributed by atoms with van der Waals surface area (Å²) in [7, 11) is 0. The van der Waals surface area contributed by atoms with E-state index in [1.807, 2.05) is 84.9 Å². The average molecular weight is 361 g/mol. The molecule has 0 saturated carbocycles. The summed E-state index contributed by atoms with van der Waals surface area (Å²) in [5.74, 6) is 0.686. The van der Waals surface area contributed by atoms with E-state index in [9.17, 15) is 0 Å². The average Bonchev–Trinajstić information content (AvgIpc) is 3.09. The number of halogens is 1. The lowest BCUT2D eigenvalue weighted by atomic mass is 10.0. The van der Waals surface area contributed by atoms with E-state index in [1.165, 1.54) is 0 Å². The van der Waals surface area contributed by atoms with Crippen LogP contribution >= 0.6 is 12.4 Å². The first kappa shape index (κ1) is 17.6. The summed E-state index contributed by atoms with van der Waals surface area (Å²) in [6.45, 7) is 0. The Balaban J connectivity index is 0.00000196. The predicted octanol–water partition coefficient (Wildman–Crippen LogP) is 4.86. The maximum absolute atomic E-state index is 4.48. The summed E-state index contributed by atoms with van der Waals surface area (Å²) >= 11 is 0. The molecular formula is C21H17ClN4. The Hall–Kier alpha value is -3.24. The second kappa shape index (κ2) is 8.23. The van der Waals surface area contributed by atoms with Crippen molar-refractivity contribution in [2.45, 2.75) is 0 Å². The van der Waals surface area contributed by atoms with Crippen molar-refractivity contribution in [3.05, 3.63) is 102 Å². The first-order chi connectivity index (χ1) is 12.4. The molecule has 0 unspecified atom stereocenters. The van der Waals surface area contributed by atoms with Gasteiger partial charge in [-0.15, -0.1) is 17.5 Å². The Morgan fingerprint density at radius 2 is 1.35 bits per heavy atom. The first-order valence-corrected chi connectivity index (χ1v) is 8.07. The van der Waals surface area contributed by atoms with E-state index in [2.05, 4.69) is 20.2 Å². The van der Waals surface area contributed by atoms with Crippen molar-refractivity contribution in [1.29, 1.82) is 0 Å². The monoisotopic (exact) mass is 360 g/mol. The van der Waals surface area contributed by atoms with E-state index in [-0.39, 0.29) is 12.4 Å². The maximum Gasteiger partial charge on any atom is 0.151 e. The minimum Gasteiger partial charge on any atom is -0.337 e. The van der Waals surface area contributed by atoms with E-state index in [4.69, 9.17) is 0 Å². The normalized spacial score (nSPS) is 10.6. The fraction of sp³-hybridized carbons (Fsp3) is 0. The van der Waals surface area contributed by atoms with Crippen LogP contribution in [0.3, 0.4) is 0 Å². The Morgan fingerprint density at radius 3 is 1.96 bits per heavy atom. The van der Waals surface area contributed by atoms with Crippen LogP contribution in [-0.2, 0) is 0 Å². The molecule has 0 bridgehead atoms. The van der Waals surface area contributed by atoms with E-state index in [0.717, 1.165) is 27.9 Å². The molecule has 4 rings (SSSR count). The lowest BCUT2D eigenvalue weighted by Crippen LogP contribution is -2.02. The number of H-pyrrole nitrogens is 1. The Morgan fingerprint density at radius 1 is 0.769 bits per heavy atom. The third-order valence-electron chi connectivity index (χ3n) is 3.84. The zero-order valence-corrected chi connectivity index (χ0v) is 14.7. The van der Waals surface area contributed by atoms with Crippen LogP contribution in [0.4, 0.5) is 0 Å². The number of nitrogens with one attached hydrogen (secondary N) is 1. The lowest BCUT2D eigenvalue weighted by molar-refractivity contribution is 1.21. The molecule has 3 aromatic carbocycles. The molecule has 26 heavy (non-hydrogen) atoms. The van der Waals surface area contributed by atoms with Gasteiger partial charge in [-0.3, -0.25) is 0 Å². The van der Waals surface area contributed by atoms with Crippen LogP contribution in [0.25, 0.3) is 11.0 Å². The molecule has 0 aliphatic rings. The number of hydrogen-bond acceptors (Lipinski definition) is 3. The smallest absolute Gasteiger partial charge is 0.151 e. The van der Waals surface area contributed by atoms with Crippen LogP contribution in [0.1, 0.15) is 17.0 Å². The molecule has 0 saturated heterocycles. The molecule has 0 aliphatic heterocycles. The van der Waals surface area contributed by atoms with Gasteiger partial charge in [0.1, 0.15) is 5.71 Å². The van der Waals surface area contributed by atoms with Gasteiger partial charge in [-0.25, -0.2) is 4.98 Å². The number of para-hydroxylation sites is 2. The molecule has 1 aromatic heterocycles. The molecule has 0 aliphatic carbocycles. The Bertz CT molecular complexity index is 963. The number of imidazole rings is 1. The second-order valence-electron chi connectivity index (χ2n) is 5.56. The maximum atomic E-state index is 4.48. The molecule has 5 heteroatoms. The zero-order valence-electron chi connectivity index (χ0n) is 13.9. The van der Waals surface area contributed by atoms with Crippen LogP contribution < -0.4 is 0 Å². The summed E-state index contributed by atoms with van der Waals surface area (Å²) in [4.78, 5) is 7.70. The summed E-state index contributed by atoms with van der Waals surface area (Å²) in [5.41, 5.74) is 4.78. The number of benzene rings is 3. The third-order valence-corrected chi connectivity index (χ3v) is 3.84. The van der Waals surface area contributed by atoms with Gasteiger partial charge in [-0.05, 0) is 12.1 Å². The minimum atomic E-state index is 0. The topological polar surface area (TPSA) is 53.4 Å². The summed E-state index contributed by atoms with van der Waals surface area (Å²) in [5, 5.41) is 8.71. The van der Waals surface area contributed by atoms with E-state index >= 15 is 0 Å². The predicted molar refractivity (Wildman–Crippen MR) is 109 cm³/mol. The standard InChI is InChI=1S/C21H16N4.ClH/c1-3-9-16(10-4-1)21(17-11-5-2-6-12-17)25-22-15-20-23-18-13-7-8-14-19(18)24-20;/h1-15H,(H,23,24);1H/b22-15+;. The van der Waals surface area contributed by atoms with E-state index in [1.54, 1.807) is 6.21 Å². The highest BCUT2D eigenvalue weighted by atomic mass is 35.5. The molecule has 0 fully saturated rings. The SMILES string of the molecule is C(=N\N=C(c1ccccc1)c1ccccc1)/c1nc2ccccc2[nH]1.Cl. The number of nitrogens with zero attached hydrogens (tertiary/aromatic N) is 3. The summed E-state index contributed by atoms with van der Waals surface area (Å²) < 4.78 is 0. The van der Waals surface area contributed by atoms with Gasteiger partial charge < -0.3 is 4.98 Å². The minimum absolute atomic E-state index is 0. The van der Waals surface area contributed by atoms with Gasteiger partial charge in [0, 0.05) is 11.1 Å². The Labute approximate surface area is 157 Å². The fourth-order valence-corrected chi connectivity index (χ4v) is 2.65. The molecule has 1 N–H and O–H groups in total. The van der Waals surface area contributed by atoms with Crippen molar-refractivity contribution in [1.82, 2.24) is 9.97 Å². The third kappa shape index (κ3) is 3.87. The first-order valence-electron chi connectivity index (χ1n) is 8.07. The van der Waals surface area contributed by atoms with Gasteiger partial charge in [0.25, 0.3) is 0 Å². The highest BCUT2D eigenvalue weighted by Gasteiger charge is 2.06. The molecular weight excluding hydrogens is 344 g/mol. The van der Waals surface area contributed by atoms with Crippen molar-refractivity contribution in [2.24, 2.45) is 10.2 Å². The van der Waals surface area contributed by atoms with E-state index < -0.39 is 0 Å². The van der Waals surface area contributed by atoms with E-state index in [0.29, 0.717) is 5.82 Å². The fourth-order valence-electron chi connectivity index (χ4n) is 2.65. The number of rotatable bonds is 4. The van der Waals surface area contributed by atoms with Gasteiger partial charge >= 0.3 is 0 Å². The molecule has 0 radical (unpaired) electrons. The number of fused-ring (bicyclic) bond motifs is 1. The van der Waals surface area contributed by atoms with Crippen molar-refractivity contribution < 1.29 is 0 Å². The van der Waals surface area contributed by atoms with Crippen LogP contribution in [0.5, 0.6) is 0 Å². The summed E-state index contributed by atoms with van der Waals surface area (Å²) in [6.07, 6.45) is 1.64. The van der Waals surface area contributed by atoms with Gasteiger partial charge in [-0.2, -0.15) is 5.10 Å². The number of aromatic amines is 1. The van der Waals surface area contributed by atoms with Crippen molar-refractivity contribution in [2.75, 3.05) is 0 Å². The molecule has 0 atom stereocenters. The van der Waals surface area contributed by atoms with Crippen molar-refractivity contribution in [3.63, 3.8) is 0 Å². The van der Waals surface area contributed by atoms with Crippen molar-refractivity contribution >= 4 is 35.4 Å². The lowest BCUT2D eigenvalue weighted by Gasteiger charge is -2.04. The van der Waals surface area contributed by atoms with Gasteiger partial charge in [-0.1, -0.05) is 72.8 Å². The van der Waals surface area contributed by atoms with Crippen LogP contribution in [0, 0.1) is 0 Å². The van der Waals surface area contributed by atoms with Gasteiger partial charge in [0.15, 0.2) is 5.82 Å². The zero-order chi connectivity index (χ0) is 16.9. The Kier molecular flexibility index (Phi) is 5.56.